The number of nitrogens with two attached hydrogens (primary N) is 1. The molecule has 1 atom stereocenters. The highest BCUT2D eigenvalue weighted by Crippen LogP contribution is 2.26. The van der Waals surface area contributed by atoms with Crippen molar-refractivity contribution in [1.29, 1.82) is 0 Å². The van der Waals surface area contributed by atoms with Gasteiger partial charge in [-0.1, -0.05) is 32.6 Å². The number of hydrogen-bond donors (Lipinski definition) is 2. The Kier molecular flexibility index (Phi) is 9.21. The van der Waals surface area contributed by atoms with Crippen LogP contribution in [0.4, 0.5) is 0 Å². The highest BCUT2D eigenvalue weighted by molar-refractivity contribution is 7.89. The number of halogens is 1. The van der Waals surface area contributed by atoms with Crippen LogP contribution >= 0.6 is 12.4 Å². The summed E-state index contributed by atoms with van der Waals surface area (Å²) < 4.78 is 26.5. The van der Waals surface area contributed by atoms with Crippen molar-refractivity contribution in [2.24, 2.45) is 11.7 Å². The van der Waals surface area contributed by atoms with Crippen LogP contribution in [0, 0.1) is 5.92 Å². The summed E-state index contributed by atoms with van der Waals surface area (Å²) in [5.41, 5.74) is 5.71. The molecule has 0 amide bonds. The lowest BCUT2D eigenvalue weighted by Gasteiger charge is -2.29. The first-order valence-corrected chi connectivity index (χ1v) is 8.44. The van der Waals surface area contributed by atoms with Gasteiger partial charge >= 0.3 is 0 Å². The molecule has 3 N–H and O–H groups in total. The van der Waals surface area contributed by atoms with E-state index in [1.807, 2.05) is 6.92 Å². The van der Waals surface area contributed by atoms with Gasteiger partial charge in [-0.05, 0) is 25.2 Å². The van der Waals surface area contributed by atoms with Gasteiger partial charge < -0.3 is 5.73 Å². The zero-order valence-corrected chi connectivity index (χ0v) is 12.9. The minimum atomic E-state index is -3.13. The molecule has 0 bridgehead atoms. The molecular weight excluding hydrogens is 272 g/mol. The van der Waals surface area contributed by atoms with E-state index in [1.165, 1.54) is 19.3 Å². The van der Waals surface area contributed by atoms with Crippen molar-refractivity contribution in [1.82, 2.24) is 4.72 Å². The second-order valence-corrected chi connectivity index (χ2v) is 6.90. The molecule has 1 aliphatic rings. The largest absolute Gasteiger partial charge is 0.329 e. The second kappa shape index (κ2) is 9.13. The Morgan fingerprint density at radius 3 is 2.39 bits per heavy atom. The quantitative estimate of drug-likeness (QED) is 0.755. The number of unbranched alkanes of at least 4 members (excludes halogenated alkanes) is 1. The van der Waals surface area contributed by atoms with Gasteiger partial charge in [0.15, 0.2) is 0 Å². The highest BCUT2D eigenvalue weighted by Gasteiger charge is 2.26. The van der Waals surface area contributed by atoms with E-state index in [2.05, 4.69) is 4.72 Å². The molecule has 1 saturated carbocycles. The lowest BCUT2D eigenvalue weighted by molar-refractivity contribution is 0.294. The average molecular weight is 299 g/mol. The standard InChI is InChI=1S/C12H26N2O2S.ClH/c1-2-3-9-17(15,16)14-12(10-13)11-7-5-4-6-8-11;/h11-12,14H,2-10,13H2,1H3;1H. The first-order chi connectivity index (χ1) is 8.09. The molecule has 6 heteroatoms. The summed E-state index contributed by atoms with van der Waals surface area (Å²) in [5, 5.41) is 0. The zero-order chi connectivity index (χ0) is 12.7. The van der Waals surface area contributed by atoms with Gasteiger partial charge in [0.1, 0.15) is 0 Å². The van der Waals surface area contributed by atoms with Crippen LogP contribution in [-0.4, -0.2) is 26.8 Å². The van der Waals surface area contributed by atoms with Crippen LogP contribution < -0.4 is 10.5 Å². The number of nitrogens with one attached hydrogen (secondary N) is 1. The van der Waals surface area contributed by atoms with Crippen LogP contribution in [0.25, 0.3) is 0 Å². The van der Waals surface area contributed by atoms with Crippen LogP contribution in [0.15, 0.2) is 0 Å². The molecule has 0 aliphatic heterocycles. The molecule has 0 spiro atoms. The molecule has 1 aliphatic carbocycles. The lowest BCUT2D eigenvalue weighted by Crippen LogP contribution is -2.46. The van der Waals surface area contributed by atoms with E-state index in [-0.39, 0.29) is 24.2 Å². The molecule has 0 radical (unpaired) electrons. The fourth-order valence-corrected chi connectivity index (χ4v) is 4.03. The predicted molar refractivity (Wildman–Crippen MR) is 78.5 cm³/mol. The Labute approximate surface area is 118 Å². The van der Waals surface area contributed by atoms with Crippen LogP contribution in [0.3, 0.4) is 0 Å². The van der Waals surface area contributed by atoms with Gasteiger partial charge in [-0.25, -0.2) is 13.1 Å². The van der Waals surface area contributed by atoms with Gasteiger partial charge in [0.05, 0.1) is 5.75 Å². The van der Waals surface area contributed by atoms with Crippen LogP contribution in [0.5, 0.6) is 0 Å². The Balaban J connectivity index is 0.00000289. The van der Waals surface area contributed by atoms with E-state index < -0.39 is 10.0 Å². The minimum Gasteiger partial charge on any atom is -0.329 e. The fraction of sp³-hybridized carbons (Fsp3) is 1.00. The summed E-state index contributed by atoms with van der Waals surface area (Å²) in [6.45, 7) is 2.41. The summed E-state index contributed by atoms with van der Waals surface area (Å²) in [4.78, 5) is 0. The summed E-state index contributed by atoms with van der Waals surface area (Å²) in [5.74, 6) is 0.664. The lowest BCUT2D eigenvalue weighted by atomic mass is 9.84. The van der Waals surface area contributed by atoms with Crippen molar-refractivity contribution in [2.45, 2.75) is 57.9 Å². The molecule has 1 fully saturated rings. The number of rotatable bonds is 7. The molecule has 0 saturated heterocycles. The fourth-order valence-electron chi connectivity index (χ4n) is 2.50. The molecule has 0 aromatic heterocycles. The van der Waals surface area contributed by atoms with E-state index in [4.69, 9.17) is 5.73 Å². The third kappa shape index (κ3) is 6.36. The molecule has 0 heterocycles. The molecule has 1 unspecified atom stereocenters. The molecule has 1 rings (SSSR count). The maximum Gasteiger partial charge on any atom is 0.211 e. The number of sulfonamides is 1. The van der Waals surface area contributed by atoms with Crippen molar-refractivity contribution in [3.8, 4) is 0 Å². The van der Waals surface area contributed by atoms with E-state index in [9.17, 15) is 8.42 Å². The first-order valence-electron chi connectivity index (χ1n) is 6.79. The highest BCUT2D eigenvalue weighted by atomic mass is 35.5. The molecular formula is C12H27ClN2O2S. The van der Waals surface area contributed by atoms with Crippen LogP contribution in [0.1, 0.15) is 51.9 Å². The van der Waals surface area contributed by atoms with Crippen molar-refractivity contribution < 1.29 is 8.42 Å². The average Bonchev–Trinajstić information content (AvgIpc) is 2.35. The minimum absolute atomic E-state index is 0. The second-order valence-electron chi connectivity index (χ2n) is 5.03. The molecule has 18 heavy (non-hydrogen) atoms. The monoisotopic (exact) mass is 298 g/mol. The van der Waals surface area contributed by atoms with E-state index in [0.29, 0.717) is 12.5 Å². The van der Waals surface area contributed by atoms with E-state index in [0.717, 1.165) is 25.7 Å². The van der Waals surface area contributed by atoms with Gasteiger partial charge in [-0.2, -0.15) is 0 Å². The van der Waals surface area contributed by atoms with Crippen molar-refractivity contribution in [3.05, 3.63) is 0 Å². The molecule has 0 aromatic carbocycles. The topological polar surface area (TPSA) is 72.2 Å². The molecule has 4 nitrogen and oxygen atoms in total. The van der Waals surface area contributed by atoms with Crippen molar-refractivity contribution in [3.63, 3.8) is 0 Å². The third-order valence-corrected chi connectivity index (χ3v) is 5.06. The smallest absolute Gasteiger partial charge is 0.211 e. The summed E-state index contributed by atoms with van der Waals surface area (Å²) >= 11 is 0. The van der Waals surface area contributed by atoms with Gasteiger partial charge in [0.2, 0.25) is 10.0 Å². The van der Waals surface area contributed by atoms with Gasteiger partial charge in [0, 0.05) is 12.6 Å². The zero-order valence-electron chi connectivity index (χ0n) is 11.2. The summed E-state index contributed by atoms with van der Waals surface area (Å²) in [6.07, 6.45) is 7.53. The molecule has 110 valence electrons. The summed E-state index contributed by atoms with van der Waals surface area (Å²) in [6, 6.07) is -0.0582. The Morgan fingerprint density at radius 1 is 1.28 bits per heavy atom. The maximum absolute atomic E-state index is 11.8. The predicted octanol–water partition coefficient (Wildman–Crippen LogP) is 2.04. The summed E-state index contributed by atoms with van der Waals surface area (Å²) in [7, 11) is -3.13. The first kappa shape index (κ1) is 18.2. The maximum atomic E-state index is 11.8. The third-order valence-electron chi connectivity index (χ3n) is 3.57. The normalized spacial score (nSPS) is 19.2. The van der Waals surface area contributed by atoms with Gasteiger partial charge in [-0.15, -0.1) is 12.4 Å². The van der Waals surface area contributed by atoms with Crippen LogP contribution in [0.2, 0.25) is 0 Å². The van der Waals surface area contributed by atoms with E-state index in [1.54, 1.807) is 0 Å². The Morgan fingerprint density at radius 2 is 1.89 bits per heavy atom. The number of hydrogen-bond acceptors (Lipinski definition) is 3. The molecule has 0 aromatic rings. The van der Waals surface area contributed by atoms with Crippen molar-refractivity contribution in [2.75, 3.05) is 12.3 Å². The van der Waals surface area contributed by atoms with Gasteiger partial charge in [-0.3, -0.25) is 0 Å². The van der Waals surface area contributed by atoms with E-state index >= 15 is 0 Å². The van der Waals surface area contributed by atoms with Gasteiger partial charge in [0.25, 0.3) is 0 Å². The Hall–Kier alpha value is 0.160. The Bertz CT molecular complexity index is 303. The van der Waals surface area contributed by atoms with Crippen molar-refractivity contribution >= 4 is 22.4 Å². The SMILES string of the molecule is CCCCS(=O)(=O)NC(CN)C1CCCCC1.Cl. The van der Waals surface area contributed by atoms with Crippen LogP contribution in [-0.2, 0) is 10.0 Å².